The van der Waals surface area contributed by atoms with Crippen LogP contribution < -0.4 is 0 Å². The maximum atomic E-state index is 12.0. The average molecular weight is 239 g/mol. The molecule has 6 aliphatic carbocycles. The summed E-state index contributed by atoms with van der Waals surface area (Å²) in [4.78, 5) is 12.7. The highest BCUT2D eigenvalue weighted by Gasteiger charge is 2.83. The van der Waals surface area contributed by atoms with Gasteiger partial charge in [-0.2, -0.15) is 0 Å². The number of halogens is 1. The molecule has 0 unspecified atom stereocenters. The predicted octanol–water partition coefficient (Wildman–Crippen LogP) is 1.71. The molecule has 0 aromatic carbocycles. The first-order chi connectivity index (χ1) is 6.30. The average Bonchev–Trinajstić information content (AvgIpc) is 2.78. The van der Waals surface area contributed by atoms with Crippen LogP contribution in [-0.2, 0) is 4.79 Å². The molecule has 0 N–H and O–H groups in total. The fourth-order valence-electron chi connectivity index (χ4n) is 6.20. The van der Waals surface area contributed by atoms with Crippen molar-refractivity contribution in [3.63, 3.8) is 0 Å². The number of rotatable bonds is 0. The van der Waals surface area contributed by atoms with Crippen LogP contribution in [0.4, 0.5) is 0 Å². The summed E-state index contributed by atoms with van der Waals surface area (Å²) in [6, 6.07) is 0. The van der Waals surface area contributed by atoms with Gasteiger partial charge in [0.2, 0.25) is 0 Å². The van der Waals surface area contributed by atoms with Crippen LogP contribution in [0.3, 0.4) is 0 Å². The number of alkyl halides is 1. The molecule has 9 atom stereocenters. The van der Waals surface area contributed by atoms with Gasteiger partial charge in [-0.3, -0.25) is 4.79 Å². The fraction of sp³-hybridized carbons (Fsp3) is 0.909. The first-order valence-electron chi connectivity index (χ1n) is 5.48. The van der Waals surface area contributed by atoms with Crippen LogP contribution >= 0.6 is 15.9 Å². The van der Waals surface area contributed by atoms with Gasteiger partial charge in [-0.05, 0) is 41.9 Å². The minimum atomic E-state index is 0.521. The first kappa shape index (κ1) is 6.60. The fourth-order valence-corrected chi connectivity index (χ4v) is 7.62. The molecule has 6 fully saturated rings. The van der Waals surface area contributed by atoms with Crippen molar-refractivity contribution in [3.8, 4) is 0 Å². The molecular formula is C11H11BrO. The van der Waals surface area contributed by atoms with E-state index in [1.54, 1.807) is 0 Å². The second kappa shape index (κ2) is 1.56. The van der Waals surface area contributed by atoms with Crippen molar-refractivity contribution in [1.29, 1.82) is 0 Å². The molecule has 13 heavy (non-hydrogen) atoms. The third-order valence-electron chi connectivity index (χ3n) is 6.01. The third-order valence-corrected chi connectivity index (χ3v) is 7.24. The van der Waals surface area contributed by atoms with Gasteiger partial charge >= 0.3 is 0 Å². The molecule has 6 rings (SSSR count). The van der Waals surface area contributed by atoms with Crippen molar-refractivity contribution in [3.05, 3.63) is 0 Å². The Hall–Kier alpha value is 0.150. The van der Waals surface area contributed by atoms with Gasteiger partial charge in [0.25, 0.3) is 0 Å². The lowest BCUT2D eigenvalue weighted by molar-refractivity contribution is -0.122. The van der Waals surface area contributed by atoms with Gasteiger partial charge in [0.1, 0.15) is 5.78 Å². The second-order valence-electron chi connectivity index (χ2n) is 5.77. The van der Waals surface area contributed by atoms with Gasteiger partial charge in [0.15, 0.2) is 0 Å². The maximum Gasteiger partial charge on any atom is 0.140 e. The van der Waals surface area contributed by atoms with Gasteiger partial charge in [0.05, 0.1) is 0 Å². The lowest BCUT2D eigenvalue weighted by Gasteiger charge is -2.32. The smallest absolute Gasteiger partial charge is 0.140 e. The summed E-state index contributed by atoms with van der Waals surface area (Å²) >= 11 is 3.86. The van der Waals surface area contributed by atoms with Crippen molar-refractivity contribution in [2.45, 2.75) is 11.2 Å². The number of hydrogen-bond acceptors (Lipinski definition) is 1. The Balaban J connectivity index is 1.90. The van der Waals surface area contributed by atoms with Crippen LogP contribution in [-0.4, -0.2) is 10.6 Å². The number of carbonyl (C=O) groups excluding carboxylic acids is 1. The van der Waals surface area contributed by atoms with E-state index in [0.29, 0.717) is 17.6 Å². The molecule has 6 aliphatic rings. The van der Waals surface area contributed by atoms with Crippen molar-refractivity contribution in [1.82, 2.24) is 0 Å². The van der Waals surface area contributed by atoms with Gasteiger partial charge in [-0.25, -0.2) is 0 Å². The first-order valence-corrected chi connectivity index (χ1v) is 6.40. The Morgan fingerprint density at radius 3 is 2.54 bits per heavy atom. The van der Waals surface area contributed by atoms with Crippen LogP contribution in [0.15, 0.2) is 0 Å². The molecule has 2 heteroatoms. The van der Waals surface area contributed by atoms with Gasteiger partial charge in [-0.15, -0.1) is 0 Å². The summed E-state index contributed by atoms with van der Waals surface area (Å²) in [6.07, 6.45) is 1.41. The molecule has 0 aliphatic heterocycles. The minimum Gasteiger partial charge on any atom is -0.299 e. The van der Waals surface area contributed by atoms with Crippen LogP contribution in [0, 0.1) is 47.3 Å². The summed E-state index contributed by atoms with van der Waals surface area (Å²) in [5.74, 6) is 6.90. The Morgan fingerprint density at radius 2 is 1.77 bits per heavy atom. The van der Waals surface area contributed by atoms with Gasteiger partial charge in [0, 0.05) is 16.7 Å². The third kappa shape index (κ3) is 0.397. The Morgan fingerprint density at radius 1 is 1.00 bits per heavy atom. The molecule has 1 nitrogen and oxygen atoms in total. The molecule has 0 amide bonds. The molecule has 6 bridgehead atoms. The highest BCUT2D eigenvalue weighted by atomic mass is 79.9. The van der Waals surface area contributed by atoms with Crippen LogP contribution in [0.25, 0.3) is 0 Å². The van der Waals surface area contributed by atoms with Crippen molar-refractivity contribution in [2.24, 2.45) is 47.3 Å². The molecule has 0 radical (unpaired) electrons. The van der Waals surface area contributed by atoms with Crippen molar-refractivity contribution >= 4 is 21.7 Å². The highest BCUT2D eigenvalue weighted by Crippen LogP contribution is 2.82. The van der Waals surface area contributed by atoms with E-state index in [2.05, 4.69) is 15.9 Å². The topological polar surface area (TPSA) is 17.1 Å². The van der Waals surface area contributed by atoms with E-state index in [9.17, 15) is 4.79 Å². The van der Waals surface area contributed by atoms with Crippen LogP contribution in [0.2, 0.25) is 0 Å². The lowest BCUT2D eigenvalue weighted by Crippen LogP contribution is -2.30. The van der Waals surface area contributed by atoms with Crippen LogP contribution in [0.1, 0.15) is 6.42 Å². The predicted molar refractivity (Wildman–Crippen MR) is 50.3 cm³/mol. The molecule has 0 saturated heterocycles. The van der Waals surface area contributed by atoms with E-state index in [4.69, 9.17) is 0 Å². The molecule has 0 aromatic heterocycles. The molecule has 0 heterocycles. The summed E-state index contributed by atoms with van der Waals surface area (Å²) < 4.78 is 0. The largest absolute Gasteiger partial charge is 0.299 e. The summed E-state index contributed by atoms with van der Waals surface area (Å²) in [5.41, 5.74) is 0. The van der Waals surface area contributed by atoms with E-state index in [-0.39, 0.29) is 0 Å². The molecule has 68 valence electrons. The molecule has 0 spiro atoms. The minimum absolute atomic E-state index is 0.521. The quantitative estimate of drug-likeness (QED) is 0.588. The van der Waals surface area contributed by atoms with E-state index >= 15 is 0 Å². The monoisotopic (exact) mass is 238 g/mol. The Labute approximate surface area is 85.4 Å². The van der Waals surface area contributed by atoms with Crippen LogP contribution in [0.5, 0.6) is 0 Å². The number of ketones is 1. The zero-order chi connectivity index (χ0) is 8.48. The summed E-state index contributed by atoms with van der Waals surface area (Å²) in [6.45, 7) is 0. The molecular weight excluding hydrogens is 228 g/mol. The number of carbonyl (C=O) groups is 1. The van der Waals surface area contributed by atoms with Crippen molar-refractivity contribution in [2.75, 3.05) is 0 Å². The van der Waals surface area contributed by atoms with E-state index in [1.807, 2.05) is 0 Å². The van der Waals surface area contributed by atoms with E-state index in [0.717, 1.165) is 40.3 Å². The Kier molecular flexibility index (Phi) is 0.790. The van der Waals surface area contributed by atoms with Crippen molar-refractivity contribution < 1.29 is 4.79 Å². The Bertz CT molecular complexity index is 350. The van der Waals surface area contributed by atoms with Gasteiger partial charge in [-0.1, -0.05) is 15.9 Å². The molecule has 6 saturated carbocycles. The van der Waals surface area contributed by atoms with E-state index in [1.165, 1.54) is 6.42 Å². The highest BCUT2D eigenvalue weighted by molar-refractivity contribution is 9.09. The normalized spacial score (nSPS) is 79.8. The zero-order valence-corrected chi connectivity index (χ0v) is 8.78. The second-order valence-corrected chi connectivity index (χ2v) is 6.83. The summed E-state index contributed by atoms with van der Waals surface area (Å²) in [7, 11) is 0. The number of hydrogen-bond donors (Lipinski definition) is 0. The molecule has 0 aromatic rings. The number of Topliss-reactive ketones (excluding diaryl/α,β-unsaturated/α-hetero) is 1. The van der Waals surface area contributed by atoms with Gasteiger partial charge < -0.3 is 0 Å². The lowest BCUT2D eigenvalue weighted by atomic mass is 9.71. The zero-order valence-electron chi connectivity index (χ0n) is 7.19. The summed E-state index contributed by atoms with van der Waals surface area (Å²) in [5, 5.41) is 0. The van der Waals surface area contributed by atoms with E-state index < -0.39 is 0 Å². The standard InChI is InChI=1S/C11H11BrO/c12-10-6-2-1-3-4(6)9-8(10)5(2)7(3)11(9)13/h2-10H,1H2/t2-,3-,4+,5+,6-,7+,8-,9+,10+/m1/s1. The SMILES string of the molecule is O=C1[C@H]2[C@H]3[C@H]4C[C@H]5[C@H]3[C@H](Br)[C@@H]2[C@@H]5[C@@H]14. The maximum absolute atomic E-state index is 12.0.